The van der Waals surface area contributed by atoms with Crippen LogP contribution in [0.1, 0.15) is 0 Å². The first-order valence-corrected chi connectivity index (χ1v) is 11.0. The van der Waals surface area contributed by atoms with Gasteiger partial charge in [0, 0.05) is 27.6 Å². The number of hydrogen-bond donors (Lipinski definition) is 1. The number of amides is 1. The first-order chi connectivity index (χ1) is 15.2. The van der Waals surface area contributed by atoms with Crippen LogP contribution in [0.25, 0.3) is 22.2 Å². The fraction of sp³-hybridized carbons (Fsp3) is 0.120. The van der Waals surface area contributed by atoms with Crippen molar-refractivity contribution in [3.63, 3.8) is 0 Å². The highest BCUT2D eigenvalue weighted by molar-refractivity contribution is 7.98. The number of benzene rings is 3. The highest BCUT2D eigenvalue weighted by atomic mass is 32.2. The molecule has 0 fully saturated rings. The molecule has 0 radical (unpaired) electrons. The number of pyridine rings is 1. The van der Waals surface area contributed by atoms with Crippen molar-refractivity contribution in [2.45, 2.75) is 4.90 Å². The standard InChI is InChI=1S/C25H22N2O3S/c1-29-19-9-5-7-17(13-19)23-15-24(21-11-3-4-12-22(21)27-23)30-16-25(28)26-18-8-6-10-20(14-18)31-2/h3-15H,16H2,1-2H3,(H,26,28). The maximum absolute atomic E-state index is 12.5. The zero-order valence-corrected chi connectivity index (χ0v) is 18.1. The molecule has 0 saturated heterocycles. The second-order valence-corrected chi connectivity index (χ2v) is 7.70. The molecule has 0 unspecified atom stereocenters. The number of rotatable bonds is 7. The first-order valence-electron chi connectivity index (χ1n) is 9.77. The molecular weight excluding hydrogens is 408 g/mol. The van der Waals surface area contributed by atoms with E-state index in [1.54, 1.807) is 18.9 Å². The molecule has 0 atom stereocenters. The van der Waals surface area contributed by atoms with Crippen LogP contribution in [0.3, 0.4) is 0 Å². The van der Waals surface area contributed by atoms with Crippen LogP contribution in [0.15, 0.2) is 83.8 Å². The topological polar surface area (TPSA) is 60.5 Å². The fourth-order valence-corrected chi connectivity index (χ4v) is 3.69. The van der Waals surface area contributed by atoms with Crippen LogP contribution in [-0.4, -0.2) is 30.9 Å². The van der Waals surface area contributed by atoms with Gasteiger partial charge in [-0.3, -0.25) is 4.79 Å². The van der Waals surface area contributed by atoms with Gasteiger partial charge in [-0.15, -0.1) is 11.8 Å². The van der Waals surface area contributed by atoms with Crippen molar-refractivity contribution >= 4 is 34.3 Å². The summed E-state index contributed by atoms with van der Waals surface area (Å²) in [6.45, 7) is -0.102. The van der Waals surface area contributed by atoms with Gasteiger partial charge in [0.25, 0.3) is 5.91 Å². The van der Waals surface area contributed by atoms with E-state index in [1.165, 1.54) is 0 Å². The van der Waals surface area contributed by atoms with Crippen molar-refractivity contribution in [3.8, 4) is 22.8 Å². The number of thioether (sulfide) groups is 1. The van der Waals surface area contributed by atoms with E-state index in [0.29, 0.717) is 5.75 Å². The summed E-state index contributed by atoms with van der Waals surface area (Å²) >= 11 is 1.63. The third-order valence-corrected chi connectivity index (χ3v) is 5.48. The van der Waals surface area contributed by atoms with E-state index in [1.807, 2.05) is 85.1 Å². The van der Waals surface area contributed by atoms with Crippen LogP contribution < -0.4 is 14.8 Å². The lowest BCUT2D eigenvalue weighted by Crippen LogP contribution is -2.20. The van der Waals surface area contributed by atoms with Gasteiger partial charge in [0.05, 0.1) is 18.3 Å². The van der Waals surface area contributed by atoms with Crippen LogP contribution in [-0.2, 0) is 4.79 Å². The second kappa shape index (κ2) is 9.53. The van der Waals surface area contributed by atoms with Gasteiger partial charge in [-0.1, -0.05) is 30.3 Å². The summed E-state index contributed by atoms with van der Waals surface area (Å²) in [5.74, 6) is 1.14. The third-order valence-electron chi connectivity index (χ3n) is 4.76. The van der Waals surface area contributed by atoms with E-state index in [4.69, 9.17) is 14.5 Å². The van der Waals surface area contributed by atoms with E-state index in [9.17, 15) is 4.79 Å². The Morgan fingerprint density at radius 3 is 2.68 bits per heavy atom. The molecule has 4 aromatic rings. The molecule has 156 valence electrons. The molecule has 0 spiro atoms. The van der Waals surface area contributed by atoms with Gasteiger partial charge in [-0.2, -0.15) is 0 Å². The monoisotopic (exact) mass is 430 g/mol. The van der Waals surface area contributed by atoms with Crippen LogP contribution in [0.5, 0.6) is 11.5 Å². The smallest absolute Gasteiger partial charge is 0.262 e. The minimum absolute atomic E-state index is 0.102. The summed E-state index contributed by atoms with van der Waals surface area (Å²) in [5, 5.41) is 3.74. The minimum Gasteiger partial charge on any atom is -0.497 e. The molecule has 1 N–H and O–H groups in total. The molecular formula is C25H22N2O3S. The summed E-state index contributed by atoms with van der Waals surface area (Å²) < 4.78 is 11.3. The van der Waals surface area contributed by atoms with Gasteiger partial charge in [0.1, 0.15) is 11.5 Å². The van der Waals surface area contributed by atoms with Crippen LogP contribution in [0, 0.1) is 0 Å². The van der Waals surface area contributed by atoms with Crippen molar-refractivity contribution in [1.82, 2.24) is 4.98 Å². The molecule has 0 aliphatic rings. The molecule has 1 amide bonds. The Morgan fingerprint density at radius 1 is 1.00 bits per heavy atom. The Morgan fingerprint density at radius 2 is 1.84 bits per heavy atom. The van der Waals surface area contributed by atoms with Crippen molar-refractivity contribution in [2.24, 2.45) is 0 Å². The van der Waals surface area contributed by atoms with Crippen LogP contribution in [0.2, 0.25) is 0 Å². The number of carbonyl (C=O) groups is 1. The fourth-order valence-electron chi connectivity index (χ4n) is 3.23. The predicted octanol–water partition coefficient (Wildman–Crippen LogP) is 5.65. The highest BCUT2D eigenvalue weighted by Gasteiger charge is 2.11. The lowest BCUT2D eigenvalue weighted by molar-refractivity contribution is -0.118. The molecule has 6 heteroatoms. The average Bonchev–Trinajstić information content (AvgIpc) is 2.82. The normalized spacial score (nSPS) is 10.6. The molecule has 31 heavy (non-hydrogen) atoms. The lowest BCUT2D eigenvalue weighted by Gasteiger charge is -2.12. The number of ether oxygens (including phenoxy) is 2. The van der Waals surface area contributed by atoms with Crippen molar-refractivity contribution in [2.75, 3.05) is 25.3 Å². The Hall–Kier alpha value is -3.51. The first kappa shape index (κ1) is 20.8. The zero-order chi connectivity index (χ0) is 21.6. The lowest BCUT2D eigenvalue weighted by atomic mass is 10.1. The molecule has 0 aliphatic heterocycles. The van der Waals surface area contributed by atoms with Crippen LogP contribution in [0.4, 0.5) is 5.69 Å². The van der Waals surface area contributed by atoms with Crippen molar-refractivity contribution < 1.29 is 14.3 Å². The van der Waals surface area contributed by atoms with Gasteiger partial charge in [-0.25, -0.2) is 4.98 Å². The van der Waals surface area contributed by atoms with E-state index < -0.39 is 0 Å². The predicted molar refractivity (Wildman–Crippen MR) is 126 cm³/mol. The van der Waals surface area contributed by atoms with E-state index in [-0.39, 0.29) is 12.5 Å². The molecule has 0 bridgehead atoms. The summed E-state index contributed by atoms with van der Waals surface area (Å²) in [6, 6.07) is 25.0. The number of hydrogen-bond acceptors (Lipinski definition) is 5. The average molecular weight is 431 g/mol. The highest BCUT2D eigenvalue weighted by Crippen LogP contribution is 2.31. The number of nitrogens with one attached hydrogen (secondary N) is 1. The van der Waals surface area contributed by atoms with Crippen molar-refractivity contribution in [1.29, 1.82) is 0 Å². The number of fused-ring (bicyclic) bond motifs is 1. The third kappa shape index (κ3) is 4.98. The SMILES string of the molecule is COc1cccc(-c2cc(OCC(=O)Nc3cccc(SC)c3)c3ccccc3n2)c1. The summed E-state index contributed by atoms with van der Waals surface area (Å²) in [4.78, 5) is 18.3. The second-order valence-electron chi connectivity index (χ2n) is 6.82. The number of anilines is 1. The van der Waals surface area contributed by atoms with E-state index >= 15 is 0 Å². The molecule has 1 heterocycles. The number of aromatic nitrogens is 1. The zero-order valence-electron chi connectivity index (χ0n) is 17.3. The quantitative estimate of drug-likeness (QED) is 0.384. The molecule has 5 nitrogen and oxygen atoms in total. The summed E-state index contributed by atoms with van der Waals surface area (Å²) in [6.07, 6.45) is 2.00. The van der Waals surface area contributed by atoms with Crippen molar-refractivity contribution in [3.05, 3.63) is 78.9 Å². The Kier molecular flexibility index (Phi) is 6.38. The van der Waals surface area contributed by atoms with E-state index in [2.05, 4.69) is 5.32 Å². The Labute approximate surface area is 185 Å². The van der Waals surface area contributed by atoms with Gasteiger partial charge in [0.15, 0.2) is 6.61 Å². The maximum Gasteiger partial charge on any atom is 0.262 e. The Bertz CT molecular complexity index is 1230. The van der Waals surface area contributed by atoms with Gasteiger partial charge >= 0.3 is 0 Å². The number of methoxy groups -OCH3 is 1. The minimum atomic E-state index is -0.220. The number of nitrogens with zero attached hydrogens (tertiary/aromatic N) is 1. The Balaban J connectivity index is 1.58. The van der Waals surface area contributed by atoms with Gasteiger partial charge in [-0.05, 0) is 48.7 Å². The largest absolute Gasteiger partial charge is 0.497 e. The molecule has 0 saturated carbocycles. The molecule has 3 aromatic carbocycles. The maximum atomic E-state index is 12.5. The van der Waals surface area contributed by atoms with E-state index in [0.717, 1.165) is 38.5 Å². The van der Waals surface area contributed by atoms with Gasteiger partial charge < -0.3 is 14.8 Å². The number of carbonyl (C=O) groups excluding carboxylic acids is 1. The molecule has 0 aliphatic carbocycles. The number of para-hydroxylation sites is 1. The summed E-state index contributed by atoms with van der Waals surface area (Å²) in [5.41, 5.74) is 3.21. The summed E-state index contributed by atoms with van der Waals surface area (Å²) in [7, 11) is 1.63. The molecule has 4 rings (SSSR count). The van der Waals surface area contributed by atoms with Crippen LogP contribution >= 0.6 is 11.8 Å². The molecule has 1 aromatic heterocycles. The van der Waals surface area contributed by atoms with Gasteiger partial charge in [0.2, 0.25) is 0 Å².